The zero-order valence-electron chi connectivity index (χ0n) is 12.9. The number of benzene rings is 1. The van der Waals surface area contributed by atoms with Gasteiger partial charge in [0.25, 0.3) is 0 Å². The van der Waals surface area contributed by atoms with E-state index in [1.807, 2.05) is 19.9 Å². The lowest BCUT2D eigenvalue weighted by molar-refractivity contribution is -0.125. The summed E-state index contributed by atoms with van der Waals surface area (Å²) < 4.78 is 0. The van der Waals surface area contributed by atoms with E-state index in [0.717, 1.165) is 0 Å². The summed E-state index contributed by atoms with van der Waals surface area (Å²) in [7, 11) is 0. The zero-order valence-corrected chi connectivity index (χ0v) is 12.9. The molecule has 0 saturated carbocycles. The first-order chi connectivity index (χ1) is 10.5. The number of amides is 3. The van der Waals surface area contributed by atoms with E-state index >= 15 is 0 Å². The highest BCUT2D eigenvalue weighted by molar-refractivity contribution is 6.10. The minimum absolute atomic E-state index is 0.0105. The summed E-state index contributed by atoms with van der Waals surface area (Å²) in [5.41, 5.74) is 1.30. The van der Waals surface area contributed by atoms with E-state index in [1.165, 1.54) is 4.90 Å². The highest BCUT2D eigenvalue weighted by Crippen LogP contribution is 2.29. The van der Waals surface area contributed by atoms with Crippen LogP contribution in [-0.2, 0) is 14.4 Å². The number of carbonyl (C=O) groups is 3. The van der Waals surface area contributed by atoms with Gasteiger partial charge in [0, 0.05) is 19.4 Å². The maximum atomic E-state index is 12.3. The fraction of sp³-hybridized carbons (Fsp3) is 0.438. The minimum Gasteiger partial charge on any atom is -0.356 e. The topological polar surface area (TPSA) is 78.5 Å². The molecule has 0 aliphatic carbocycles. The van der Waals surface area contributed by atoms with Gasteiger partial charge in [-0.1, -0.05) is 26.0 Å². The molecule has 6 heteroatoms. The van der Waals surface area contributed by atoms with Gasteiger partial charge in [-0.25, -0.2) is 0 Å². The lowest BCUT2D eigenvalue weighted by Gasteiger charge is -2.29. The van der Waals surface area contributed by atoms with E-state index in [0.29, 0.717) is 23.8 Å². The number of hydrogen-bond donors (Lipinski definition) is 2. The molecular weight excluding hydrogens is 282 g/mol. The molecule has 0 fully saturated rings. The second-order valence-corrected chi connectivity index (χ2v) is 5.74. The van der Waals surface area contributed by atoms with Gasteiger partial charge in [-0.3, -0.25) is 14.4 Å². The fourth-order valence-electron chi connectivity index (χ4n) is 2.22. The van der Waals surface area contributed by atoms with Gasteiger partial charge in [-0.2, -0.15) is 0 Å². The van der Waals surface area contributed by atoms with Crippen molar-refractivity contribution in [1.82, 2.24) is 5.32 Å². The van der Waals surface area contributed by atoms with Crippen LogP contribution < -0.4 is 15.5 Å². The Hall–Kier alpha value is -2.37. The van der Waals surface area contributed by atoms with E-state index in [1.54, 1.807) is 18.2 Å². The van der Waals surface area contributed by atoms with E-state index in [9.17, 15) is 14.4 Å². The Balaban J connectivity index is 1.95. The predicted octanol–water partition coefficient (Wildman–Crippen LogP) is 1.52. The molecule has 3 amide bonds. The molecule has 1 aromatic rings. The van der Waals surface area contributed by atoms with Gasteiger partial charge in [0.1, 0.15) is 6.54 Å². The standard InChI is InChI=1S/C16H21N3O3/c1-11(2)9-17-14(20)7-8-16(22)19-10-15(21)18-12-5-3-4-6-13(12)19/h3-6,11H,7-10H2,1-2H3,(H,17,20)(H,18,21). The number of anilines is 2. The molecule has 2 N–H and O–H groups in total. The summed E-state index contributed by atoms with van der Waals surface area (Å²) in [4.78, 5) is 37.1. The van der Waals surface area contributed by atoms with Gasteiger partial charge in [0.15, 0.2) is 0 Å². The number of nitrogens with zero attached hydrogens (tertiary/aromatic N) is 1. The molecule has 0 unspecified atom stereocenters. The number of carbonyl (C=O) groups excluding carboxylic acids is 3. The van der Waals surface area contributed by atoms with Gasteiger partial charge in [0.05, 0.1) is 11.4 Å². The first-order valence-corrected chi connectivity index (χ1v) is 7.43. The maximum Gasteiger partial charge on any atom is 0.244 e. The van der Waals surface area contributed by atoms with Gasteiger partial charge >= 0.3 is 0 Å². The Labute approximate surface area is 129 Å². The molecular formula is C16H21N3O3. The van der Waals surface area contributed by atoms with Crippen LogP contribution in [0, 0.1) is 5.92 Å². The van der Waals surface area contributed by atoms with Gasteiger partial charge in [-0.05, 0) is 18.1 Å². The molecule has 1 aliphatic heterocycles. The van der Waals surface area contributed by atoms with Crippen molar-refractivity contribution in [1.29, 1.82) is 0 Å². The van der Waals surface area contributed by atoms with Gasteiger partial charge in [0.2, 0.25) is 17.7 Å². The summed E-state index contributed by atoms with van der Waals surface area (Å²) in [5.74, 6) is -0.215. The van der Waals surface area contributed by atoms with Crippen molar-refractivity contribution in [2.75, 3.05) is 23.3 Å². The van der Waals surface area contributed by atoms with Crippen molar-refractivity contribution in [3.05, 3.63) is 24.3 Å². The van der Waals surface area contributed by atoms with E-state index < -0.39 is 0 Å². The second kappa shape index (κ2) is 7.06. The second-order valence-electron chi connectivity index (χ2n) is 5.74. The molecule has 0 spiro atoms. The van der Waals surface area contributed by atoms with Crippen molar-refractivity contribution < 1.29 is 14.4 Å². The number of hydrogen-bond acceptors (Lipinski definition) is 3. The summed E-state index contributed by atoms with van der Waals surface area (Å²) in [6.07, 6.45) is 0.220. The first kappa shape index (κ1) is 16.0. The summed E-state index contributed by atoms with van der Waals surface area (Å²) in [5, 5.41) is 5.51. The van der Waals surface area contributed by atoms with Crippen molar-refractivity contribution in [2.45, 2.75) is 26.7 Å². The summed E-state index contributed by atoms with van der Waals surface area (Å²) >= 11 is 0. The smallest absolute Gasteiger partial charge is 0.244 e. The quantitative estimate of drug-likeness (QED) is 0.865. The van der Waals surface area contributed by atoms with Crippen molar-refractivity contribution in [3.63, 3.8) is 0 Å². The number of para-hydroxylation sites is 2. The highest BCUT2D eigenvalue weighted by atomic mass is 16.2. The van der Waals surface area contributed by atoms with Crippen LogP contribution >= 0.6 is 0 Å². The lowest BCUT2D eigenvalue weighted by Crippen LogP contribution is -2.42. The highest BCUT2D eigenvalue weighted by Gasteiger charge is 2.26. The lowest BCUT2D eigenvalue weighted by atomic mass is 10.1. The van der Waals surface area contributed by atoms with Gasteiger partial charge in [-0.15, -0.1) is 0 Å². The number of nitrogens with one attached hydrogen (secondary N) is 2. The number of fused-ring (bicyclic) bond motifs is 1. The first-order valence-electron chi connectivity index (χ1n) is 7.43. The van der Waals surface area contributed by atoms with E-state index in [4.69, 9.17) is 0 Å². The summed E-state index contributed by atoms with van der Waals surface area (Å²) in [6.45, 7) is 4.61. The molecule has 0 radical (unpaired) electrons. The third-order valence-electron chi connectivity index (χ3n) is 3.35. The fourth-order valence-corrected chi connectivity index (χ4v) is 2.22. The molecule has 22 heavy (non-hydrogen) atoms. The molecule has 118 valence electrons. The van der Waals surface area contributed by atoms with Crippen LogP contribution in [0.3, 0.4) is 0 Å². The largest absolute Gasteiger partial charge is 0.356 e. The third-order valence-corrected chi connectivity index (χ3v) is 3.35. The zero-order chi connectivity index (χ0) is 16.1. The van der Waals surface area contributed by atoms with Crippen LogP contribution in [0.15, 0.2) is 24.3 Å². The SMILES string of the molecule is CC(C)CNC(=O)CCC(=O)N1CC(=O)Nc2ccccc21. The molecule has 2 rings (SSSR count). The van der Waals surface area contributed by atoms with Crippen molar-refractivity contribution in [3.8, 4) is 0 Å². The Morgan fingerprint density at radius 1 is 1.27 bits per heavy atom. The van der Waals surface area contributed by atoms with Crippen LogP contribution in [0.5, 0.6) is 0 Å². The third kappa shape index (κ3) is 4.07. The van der Waals surface area contributed by atoms with Crippen LogP contribution in [0.2, 0.25) is 0 Å². The summed E-state index contributed by atoms with van der Waals surface area (Å²) in [6, 6.07) is 7.14. The minimum atomic E-state index is -0.226. The average molecular weight is 303 g/mol. The van der Waals surface area contributed by atoms with Gasteiger partial charge < -0.3 is 15.5 Å². The molecule has 0 bridgehead atoms. The molecule has 0 aromatic heterocycles. The van der Waals surface area contributed by atoms with Crippen molar-refractivity contribution >= 4 is 29.1 Å². The average Bonchev–Trinajstić information content (AvgIpc) is 2.49. The monoisotopic (exact) mass is 303 g/mol. The Bertz CT molecular complexity index is 584. The van der Waals surface area contributed by atoms with Crippen LogP contribution in [0.25, 0.3) is 0 Å². The molecule has 1 heterocycles. The normalized spacial score (nSPS) is 13.6. The van der Waals surface area contributed by atoms with Crippen molar-refractivity contribution in [2.24, 2.45) is 5.92 Å². The number of rotatable bonds is 5. The van der Waals surface area contributed by atoms with E-state index in [2.05, 4.69) is 10.6 Å². The Morgan fingerprint density at radius 2 is 2.00 bits per heavy atom. The van der Waals surface area contributed by atoms with Crippen LogP contribution in [0.4, 0.5) is 11.4 Å². The van der Waals surface area contributed by atoms with E-state index in [-0.39, 0.29) is 37.1 Å². The molecule has 1 aromatic carbocycles. The molecule has 1 aliphatic rings. The molecule has 6 nitrogen and oxygen atoms in total. The Kier molecular flexibility index (Phi) is 5.14. The molecule has 0 atom stereocenters. The molecule has 0 saturated heterocycles. The maximum absolute atomic E-state index is 12.3. The Morgan fingerprint density at radius 3 is 2.73 bits per heavy atom. The predicted molar refractivity (Wildman–Crippen MR) is 84.5 cm³/mol. The van der Waals surface area contributed by atoms with Crippen LogP contribution in [0.1, 0.15) is 26.7 Å². The van der Waals surface area contributed by atoms with Crippen LogP contribution in [-0.4, -0.2) is 30.8 Å².